The molecule has 11 nitrogen and oxygen atoms in total. The Morgan fingerprint density at radius 3 is 2.71 bits per heavy atom. The van der Waals surface area contributed by atoms with Crippen LogP contribution in [0.25, 0.3) is 11.2 Å². The van der Waals surface area contributed by atoms with Gasteiger partial charge in [-0.1, -0.05) is 12.8 Å². The normalized spacial score (nSPS) is 25.7. The molecule has 0 saturated carbocycles. The zero-order valence-corrected chi connectivity index (χ0v) is 18.3. The van der Waals surface area contributed by atoms with Crippen LogP contribution in [0.5, 0.6) is 0 Å². The molecule has 0 radical (unpaired) electrons. The van der Waals surface area contributed by atoms with Gasteiger partial charge in [-0.15, -0.1) is 0 Å². The molecule has 3 heterocycles. The highest BCUT2D eigenvalue weighted by molar-refractivity contribution is 7.96. The molecule has 1 fully saturated rings. The molecule has 0 amide bonds. The zero-order chi connectivity index (χ0) is 22.5. The standard InChI is InChI=1S/C19H30N6O5S/c1-31(7-5-3-2-4-6-11(20)19(28)29)8-12-14(26)15(27)18(30-12)25-10-24-13-16(21)22-9-23-17(13)25/h9-12,14-15,18,26-27H,2-8,20H2,1H3,(H2-,21,22,23,28,29)/p+1/t11?,12-,14-,15-,18-,31?/m1/s1. The molecule has 172 valence electrons. The summed E-state index contributed by atoms with van der Waals surface area (Å²) in [6.07, 6.45) is 5.80. The minimum absolute atomic E-state index is 0.00504. The Balaban J connectivity index is 1.46. The van der Waals surface area contributed by atoms with E-state index in [-0.39, 0.29) is 16.7 Å². The van der Waals surface area contributed by atoms with E-state index in [9.17, 15) is 15.0 Å². The number of rotatable bonds is 11. The van der Waals surface area contributed by atoms with Gasteiger partial charge in [0, 0.05) is 0 Å². The van der Waals surface area contributed by atoms with Gasteiger partial charge < -0.3 is 31.5 Å². The largest absolute Gasteiger partial charge is 0.480 e. The van der Waals surface area contributed by atoms with Crippen LogP contribution in [0.4, 0.5) is 5.82 Å². The highest BCUT2D eigenvalue weighted by Crippen LogP contribution is 2.32. The number of hydrogen-bond acceptors (Lipinski definition) is 9. The smallest absolute Gasteiger partial charge is 0.320 e. The number of aromatic nitrogens is 4. The SMILES string of the molecule is C[S+](CCCCCCC(N)C(=O)O)C[C@H]1O[C@@H](n2cnc3c(N)ncnc32)[C@H](O)[C@@H]1O. The van der Waals surface area contributed by atoms with Crippen molar-refractivity contribution in [3.05, 3.63) is 12.7 Å². The molecular weight excluding hydrogens is 424 g/mol. The zero-order valence-electron chi connectivity index (χ0n) is 17.5. The van der Waals surface area contributed by atoms with Crippen LogP contribution in [0.1, 0.15) is 38.3 Å². The lowest BCUT2D eigenvalue weighted by atomic mass is 10.1. The third kappa shape index (κ3) is 5.63. The van der Waals surface area contributed by atoms with E-state index in [1.807, 2.05) is 0 Å². The number of anilines is 1. The van der Waals surface area contributed by atoms with Crippen molar-refractivity contribution in [3.63, 3.8) is 0 Å². The molecule has 7 N–H and O–H groups in total. The van der Waals surface area contributed by atoms with Crippen LogP contribution < -0.4 is 11.5 Å². The van der Waals surface area contributed by atoms with Gasteiger partial charge in [-0.2, -0.15) is 0 Å². The molecule has 0 bridgehead atoms. The van der Waals surface area contributed by atoms with Crippen molar-refractivity contribution in [1.82, 2.24) is 19.5 Å². The lowest BCUT2D eigenvalue weighted by Gasteiger charge is -2.16. The maximum absolute atomic E-state index is 10.7. The van der Waals surface area contributed by atoms with Crippen LogP contribution in [0.3, 0.4) is 0 Å². The van der Waals surface area contributed by atoms with E-state index < -0.39 is 36.6 Å². The number of carbonyl (C=O) groups is 1. The number of imidazole rings is 1. The maximum atomic E-state index is 10.7. The molecule has 2 aromatic heterocycles. The van der Waals surface area contributed by atoms with E-state index in [2.05, 4.69) is 21.2 Å². The predicted octanol–water partition coefficient (Wildman–Crippen LogP) is -0.362. The van der Waals surface area contributed by atoms with E-state index in [0.29, 0.717) is 23.3 Å². The first kappa shape index (κ1) is 23.7. The summed E-state index contributed by atoms with van der Waals surface area (Å²) in [5.41, 5.74) is 12.2. The second-order valence-electron chi connectivity index (χ2n) is 7.93. The fourth-order valence-corrected chi connectivity index (χ4v) is 5.41. The van der Waals surface area contributed by atoms with E-state index in [0.717, 1.165) is 31.4 Å². The van der Waals surface area contributed by atoms with Gasteiger partial charge in [-0.3, -0.25) is 9.36 Å². The number of ether oxygens (including phenoxy) is 1. The first-order valence-electron chi connectivity index (χ1n) is 10.3. The molecule has 12 heteroatoms. The number of carboxylic acids is 1. The van der Waals surface area contributed by atoms with Crippen molar-refractivity contribution in [2.75, 3.05) is 23.5 Å². The average Bonchev–Trinajstić information content (AvgIpc) is 3.27. The summed E-state index contributed by atoms with van der Waals surface area (Å²) < 4.78 is 7.58. The fraction of sp³-hybridized carbons (Fsp3) is 0.684. The quantitative estimate of drug-likeness (QED) is 0.221. The van der Waals surface area contributed by atoms with Gasteiger partial charge in [0.05, 0.1) is 12.6 Å². The summed E-state index contributed by atoms with van der Waals surface area (Å²) in [5.74, 6) is 0.914. The Labute approximate surface area is 183 Å². The minimum atomic E-state index is -1.10. The molecule has 0 aromatic carbocycles. The maximum Gasteiger partial charge on any atom is 0.320 e. The lowest BCUT2D eigenvalue weighted by molar-refractivity contribution is -0.138. The third-order valence-electron chi connectivity index (χ3n) is 5.52. The Morgan fingerprint density at radius 1 is 1.23 bits per heavy atom. The number of nitrogen functional groups attached to an aromatic ring is 1. The van der Waals surface area contributed by atoms with Crippen molar-refractivity contribution < 1.29 is 24.9 Å². The van der Waals surface area contributed by atoms with Crippen LogP contribution >= 0.6 is 0 Å². The lowest BCUT2D eigenvalue weighted by Crippen LogP contribution is -2.35. The summed E-state index contributed by atoms with van der Waals surface area (Å²) in [5, 5.41) is 29.9. The molecule has 3 rings (SSSR count). The van der Waals surface area contributed by atoms with Gasteiger partial charge in [0.1, 0.15) is 47.7 Å². The Morgan fingerprint density at radius 2 is 1.97 bits per heavy atom. The van der Waals surface area contributed by atoms with Crippen LogP contribution in [0, 0.1) is 0 Å². The third-order valence-corrected chi connectivity index (χ3v) is 7.41. The monoisotopic (exact) mass is 455 g/mol. The number of aliphatic hydroxyl groups is 2. The van der Waals surface area contributed by atoms with Crippen molar-refractivity contribution in [3.8, 4) is 0 Å². The number of nitrogens with zero attached hydrogens (tertiary/aromatic N) is 4. The van der Waals surface area contributed by atoms with Crippen molar-refractivity contribution in [1.29, 1.82) is 0 Å². The van der Waals surface area contributed by atoms with Gasteiger partial charge in [0.2, 0.25) is 0 Å². The minimum Gasteiger partial charge on any atom is -0.480 e. The van der Waals surface area contributed by atoms with Crippen molar-refractivity contribution >= 4 is 33.8 Å². The van der Waals surface area contributed by atoms with Crippen LogP contribution in [0.2, 0.25) is 0 Å². The number of hydrogen-bond donors (Lipinski definition) is 5. The van der Waals surface area contributed by atoms with Crippen LogP contribution in [-0.2, 0) is 20.4 Å². The van der Waals surface area contributed by atoms with E-state index in [1.54, 1.807) is 4.57 Å². The van der Waals surface area contributed by atoms with E-state index >= 15 is 0 Å². The van der Waals surface area contributed by atoms with Gasteiger partial charge in [0.25, 0.3) is 0 Å². The average molecular weight is 456 g/mol. The molecule has 1 aliphatic rings. The molecule has 6 atom stereocenters. The first-order chi connectivity index (χ1) is 14.8. The Bertz CT molecular complexity index is 883. The molecular formula is C19H31N6O5S+. The Kier molecular flexibility index (Phi) is 8.06. The van der Waals surface area contributed by atoms with E-state index in [1.165, 1.54) is 12.7 Å². The molecule has 0 spiro atoms. The van der Waals surface area contributed by atoms with Gasteiger partial charge in [-0.25, -0.2) is 15.0 Å². The highest BCUT2D eigenvalue weighted by atomic mass is 32.2. The van der Waals surface area contributed by atoms with Crippen LogP contribution in [0.15, 0.2) is 12.7 Å². The Hall–Kier alpha value is -1.99. The second kappa shape index (κ2) is 10.6. The number of aliphatic hydroxyl groups excluding tert-OH is 2. The van der Waals surface area contributed by atoms with Crippen LogP contribution in [-0.4, -0.2) is 82.9 Å². The van der Waals surface area contributed by atoms with Crippen molar-refractivity contribution in [2.24, 2.45) is 5.73 Å². The number of carboxylic acid groups (broad SMARTS) is 1. The number of aliphatic carboxylic acids is 1. The van der Waals surface area contributed by atoms with Gasteiger partial charge in [-0.05, 0) is 30.2 Å². The van der Waals surface area contributed by atoms with Gasteiger partial charge >= 0.3 is 5.97 Å². The molecule has 31 heavy (non-hydrogen) atoms. The molecule has 1 saturated heterocycles. The molecule has 2 aromatic rings. The molecule has 1 aliphatic heterocycles. The topological polar surface area (TPSA) is 183 Å². The number of fused-ring (bicyclic) bond motifs is 1. The van der Waals surface area contributed by atoms with Crippen molar-refractivity contribution in [2.45, 2.75) is 62.7 Å². The summed E-state index contributed by atoms with van der Waals surface area (Å²) in [4.78, 5) is 23.0. The summed E-state index contributed by atoms with van der Waals surface area (Å²) in [7, 11) is 0.00504. The van der Waals surface area contributed by atoms with E-state index in [4.69, 9.17) is 21.3 Å². The highest BCUT2D eigenvalue weighted by Gasteiger charge is 2.46. The summed E-state index contributed by atoms with van der Waals surface area (Å²) in [6.45, 7) is 0. The molecule has 0 aliphatic carbocycles. The summed E-state index contributed by atoms with van der Waals surface area (Å²) in [6, 6.07) is -0.781. The summed E-state index contributed by atoms with van der Waals surface area (Å²) >= 11 is 0. The second-order valence-corrected chi connectivity index (χ2v) is 10.2. The fourth-order valence-electron chi connectivity index (χ4n) is 3.71. The first-order valence-corrected chi connectivity index (χ1v) is 12.3. The number of unbranched alkanes of at least 4 members (excludes halogenated alkanes) is 3. The molecule has 2 unspecified atom stereocenters. The predicted molar refractivity (Wildman–Crippen MR) is 117 cm³/mol. The number of nitrogens with two attached hydrogens (primary N) is 2. The van der Waals surface area contributed by atoms with Gasteiger partial charge in [0.15, 0.2) is 17.7 Å².